The van der Waals surface area contributed by atoms with Crippen LogP contribution in [0.25, 0.3) is 0 Å². The van der Waals surface area contributed by atoms with Gasteiger partial charge in [0.05, 0.1) is 6.04 Å². The van der Waals surface area contributed by atoms with Crippen molar-refractivity contribution in [3.63, 3.8) is 0 Å². The number of rotatable bonds is 5. The lowest BCUT2D eigenvalue weighted by Crippen LogP contribution is -2.35. The van der Waals surface area contributed by atoms with E-state index in [4.69, 9.17) is 4.74 Å². The molecule has 5 heteroatoms. The van der Waals surface area contributed by atoms with E-state index in [2.05, 4.69) is 32.1 Å². The summed E-state index contributed by atoms with van der Waals surface area (Å²) in [4.78, 5) is 4.65. The van der Waals surface area contributed by atoms with Gasteiger partial charge in [0.15, 0.2) is 11.6 Å². The first kappa shape index (κ1) is 15.2. The van der Waals surface area contributed by atoms with Crippen molar-refractivity contribution in [2.45, 2.75) is 31.7 Å². The second-order valence-electron chi connectivity index (χ2n) is 6.56. The first-order valence-corrected chi connectivity index (χ1v) is 8.93. The van der Waals surface area contributed by atoms with Crippen molar-refractivity contribution >= 4 is 11.6 Å². The second-order valence-corrected chi connectivity index (χ2v) is 6.56. The molecule has 2 aliphatic rings. The molecule has 0 bridgehead atoms. The summed E-state index contributed by atoms with van der Waals surface area (Å²) in [6, 6.07) is 14.6. The van der Waals surface area contributed by atoms with Crippen LogP contribution in [0, 0.1) is 0 Å². The molecule has 0 radical (unpaired) electrons. The Bertz CT molecular complexity index is 640. The molecule has 0 unspecified atom stereocenters. The zero-order valence-electron chi connectivity index (χ0n) is 14.0. The highest BCUT2D eigenvalue weighted by molar-refractivity contribution is 5.47. The van der Waals surface area contributed by atoms with Crippen LogP contribution in [0.15, 0.2) is 42.5 Å². The highest BCUT2D eigenvalue weighted by atomic mass is 16.5. The molecule has 2 saturated heterocycles. The fourth-order valence-corrected chi connectivity index (χ4v) is 3.61. The number of aromatic nitrogens is 2. The van der Waals surface area contributed by atoms with Crippen molar-refractivity contribution < 1.29 is 4.74 Å². The van der Waals surface area contributed by atoms with Gasteiger partial charge in [0.2, 0.25) is 0 Å². The summed E-state index contributed by atoms with van der Waals surface area (Å²) in [7, 11) is 0. The summed E-state index contributed by atoms with van der Waals surface area (Å²) in [5.74, 6) is 2.91. The molecule has 3 heterocycles. The first-order valence-electron chi connectivity index (χ1n) is 8.93. The number of anilines is 2. The average Bonchev–Trinajstić information content (AvgIpc) is 3.33. The van der Waals surface area contributed by atoms with E-state index in [0.29, 0.717) is 12.6 Å². The monoisotopic (exact) mass is 324 g/mol. The van der Waals surface area contributed by atoms with E-state index in [1.54, 1.807) is 0 Å². The lowest BCUT2D eigenvalue weighted by atomic mass is 10.2. The predicted molar refractivity (Wildman–Crippen MR) is 95.8 cm³/mol. The predicted octanol–water partition coefficient (Wildman–Crippen LogP) is 3.12. The van der Waals surface area contributed by atoms with E-state index >= 15 is 0 Å². The van der Waals surface area contributed by atoms with E-state index in [9.17, 15) is 0 Å². The summed E-state index contributed by atoms with van der Waals surface area (Å²) >= 11 is 0. The third-order valence-electron chi connectivity index (χ3n) is 4.92. The van der Waals surface area contributed by atoms with Crippen LogP contribution in [0.2, 0.25) is 0 Å². The van der Waals surface area contributed by atoms with Crippen LogP contribution >= 0.6 is 0 Å². The zero-order chi connectivity index (χ0) is 16.2. The molecule has 1 aromatic carbocycles. The normalized spacial score (nSPS) is 20.6. The Morgan fingerprint density at radius 2 is 1.62 bits per heavy atom. The maximum Gasteiger partial charge on any atom is 0.151 e. The third-order valence-corrected chi connectivity index (χ3v) is 4.92. The van der Waals surface area contributed by atoms with Crippen LogP contribution < -0.4 is 14.5 Å². The molecule has 1 aromatic heterocycles. The fourth-order valence-electron chi connectivity index (χ4n) is 3.61. The minimum absolute atomic E-state index is 0.372. The molecule has 0 aliphatic carbocycles. The van der Waals surface area contributed by atoms with Gasteiger partial charge >= 0.3 is 0 Å². The van der Waals surface area contributed by atoms with Gasteiger partial charge in [-0.1, -0.05) is 18.2 Å². The summed E-state index contributed by atoms with van der Waals surface area (Å²) in [6.07, 6.45) is 4.84. The SMILES string of the molecule is c1ccc(OC[C@@H]2CCCN2c2ccc(N3CCCC3)nn2)cc1. The molecule has 5 nitrogen and oxygen atoms in total. The summed E-state index contributed by atoms with van der Waals surface area (Å²) in [6.45, 7) is 3.93. The fraction of sp³-hybridized carbons (Fsp3) is 0.474. The van der Waals surface area contributed by atoms with Crippen LogP contribution in [0.5, 0.6) is 5.75 Å². The van der Waals surface area contributed by atoms with E-state index in [1.165, 1.54) is 19.3 Å². The van der Waals surface area contributed by atoms with Crippen LogP contribution in [0.1, 0.15) is 25.7 Å². The average molecular weight is 324 g/mol. The smallest absolute Gasteiger partial charge is 0.151 e. The Kier molecular flexibility index (Phi) is 4.49. The molecule has 24 heavy (non-hydrogen) atoms. The Morgan fingerprint density at radius 1 is 0.875 bits per heavy atom. The van der Waals surface area contributed by atoms with Crippen molar-refractivity contribution in [3.8, 4) is 5.75 Å². The summed E-state index contributed by atoms with van der Waals surface area (Å²) in [5, 5.41) is 8.94. The van der Waals surface area contributed by atoms with E-state index in [0.717, 1.165) is 43.4 Å². The van der Waals surface area contributed by atoms with Crippen LogP contribution in [-0.4, -0.2) is 42.5 Å². The molecule has 0 saturated carbocycles. The van der Waals surface area contributed by atoms with E-state index in [-0.39, 0.29) is 0 Å². The van der Waals surface area contributed by atoms with Crippen LogP contribution in [0.3, 0.4) is 0 Å². The van der Waals surface area contributed by atoms with Gasteiger partial charge in [-0.3, -0.25) is 0 Å². The Hall–Kier alpha value is -2.30. The molecule has 0 amide bonds. The number of hydrogen-bond donors (Lipinski definition) is 0. The molecule has 2 aromatic rings. The van der Waals surface area contributed by atoms with Gasteiger partial charge in [-0.15, -0.1) is 10.2 Å². The molecular weight excluding hydrogens is 300 g/mol. The molecule has 2 fully saturated rings. The molecule has 1 atom stereocenters. The largest absolute Gasteiger partial charge is 0.491 e. The molecular formula is C19H24N4O. The Labute approximate surface area is 143 Å². The Balaban J connectivity index is 1.40. The number of ether oxygens (including phenoxy) is 1. The maximum absolute atomic E-state index is 5.95. The highest BCUT2D eigenvalue weighted by Crippen LogP contribution is 2.26. The number of para-hydroxylation sites is 1. The Morgan fingerprint density at radius 3 is 2.38 bits per heavy atom. The van der Waals surface area contributed by atoms with Gasteiger partial charge in [0.25, 0.3) is 0 Å². The minimum Gasteiger partial charge on any atom is -0.491 e. The standard InChI is InChI=1S/C19H24N4O/c1-2-8-17(9-3-1)24-15-16-7-6-14-23(16)19-11-10-18(20-21-19)22-12-4-5-13-22/h1-3,8-11,16H,4-7,12-15H2/t16-/m0/s1. The molecule has 2 aliphatic heterocycles. The van der Waals surface area contributed by atoms with Crippen molar-refractivity contribution in [1.82, 2.24) is 10.2 Å². The first-order chi connectivity index (χ1) is 11.9. The van der Waals surface area contributed by atoms with Gasteiger partial charge in [-0.25, -0.2) is 0 Å². The van der Waals surface area contributed by atoms with E-state index in [1.807, 2.05) is 30.3 Å². The lowest BCUT2D eigenvalue weighted by molar-refractivity contribution is 0.288. The van der Waals surface area contributed by atoms with Gasteiger partial charge in [0.1, 0.15) is 12.4 Å². The minimum atomic E-state index is 0.372. The van der Waals surface area contributed by atoms with Crippen LogP contribution in [0.4, 0.5) is 11.6 Å². The van der Waals surface area contributed by atoms with Gasteiger partial charge < -0.3 is 14.5 Å². The summed E-state index contributed by atoms with van der Waals surface area (Å²) in [5.41, 5.74) is 0. The molecule has 126 valence electrons. The van der Waals surface area contributed by atoms with Gasteiger partial charge in [-0.05, 0) is 49.9 Å². The van der Waals surface area contributed by atoms with Crippen molar-refractivity contribution in [3.05, 3.63) is 42.5 Å². The molecule has 0 spiro atoms. The molecule has 4 rings (SSSR count). The van der Waals surface area contributed by atoms with Gasteiger partial charge in [-0.2, -0.15) is 0 Å². The van der Waals surface area contributed by atoms with Crippen molar-refractivity contribution in [2.75, 3.05) is 36.0 Å². The quantitative estimate of drug-likeness (QED) is 0.845. The van der Waals surface area contributed by atoms with Crippen molar-refractivity contribution in [1.29, 1.82) is 0 Å². The highest BCUT2D eigenvalue weighted by Gasteiger charge is 2.27. The number of hydrogen-bond acceptors (Lipinski definition) is 5. The second kappa shape index (κ2) is 7.07. The summed E-state index contributed by atoms with van der Waals surface area (Å²) < 4.78 is 5.95. The van der Waals surface area contributed by atoms with Gasteiger partial charge in [0, 0.05) is 19.6 Å². The van der Waals surface area contributed by atoms with Crippen molar-refractivity contribution in [2.24, 2.45) is 0 Å². The maximum atomic E-state index is 5.95. The number of benzene rings is 1. The molecule has 0 N–H and O–H groups in total. The third kappa shape index (κ3) is 3.30. The number of nitrogens with zero attached hydrogens (tertiary/aromatic N) is 4. The zero-order valence-corrected chi connectivity index (χ0v) is 14.0. The van der Waals surface area contributed by atoms with E-state index < -0.39 is 0 Å². The van der Waals surface area contributed by atoms with Crippen LogP contribution in [-0.2, 0) is 0 Å². The lowest BCUT2D eigenvalue weighted by Gasteiger charge is -2.26. The topological polar surface area (TPSA) is 41.5 Å².